The molecule has 1 aromatic heterocycles. The van der Waals surface area contributed by atoms with E-state index < -0.39 is 0 Å². The Morgan fingerprint density at radius 3 is 2.42 bits per heavy atom. The Balaban J connectivity index is 2.61. The van der Waals surface area contributed by atoms with Gasteiger partial charge in [0.05, 0.1) is 4.47 Å². The van der Waals surface area contributed by atoms with Crippen LogP contribution in [0.2, 0.25) is 0 Å². The Kier molecular flexibility index (Phi) is 3.43. The summed E-state index contributed by atoms with van der Waals surface area (Å²) >= 11 is 3.18. The monoisotopic (exact) mass is 325 g/mol. The van der Waals surface area contributed by atoms with Crippen LogP contribution in [0.1, 0.15) is 26.6 Å². The van der Waals surface area contributed by atoms with Crippen molar-refractivity contribution < 1.29 is 4.39 Å². The smallest absolute Gasteiger partial charge is 0.137 e. The third-order valence-corrected chi connectivity index (χ3v) is 3.55. The first-order valence-electron chi connectivity index (χ1n) is 6.02. The molecule has 2 N–H and O–H groups in total. The summed E-state index contributed by atoms with van der Waals surface area (Å²) in [6, 6.07) is 4.79. The van der Waals surface area contributed by atoms with Crippen molar-refractivity contribution in [1.29, 1.82) is 0 Å². The molecule has 0 bridgehead atoms. The first-order chi connectivity index (χ1) is 8.71. The van der Waals surface area contributed by atoms with Crippen LogP contribution in [0.4, 0.5) is 10.2 Å². The number of hydrogen-bond donors (Lipinski definition) is 1. The fourth-order valence-corrected chi connectivity index (χ4v) is 2.63. The van der Waals surface area contributed by atoms with Gasteiger partial charge < -0.3 is 10.3 Å². The normalized spacial score (nSPS) is 11.9. The number of nitrogens with zero attached hydrogens (tertiary/aromatic N) is 2. The van der Waals surface area contributed by atoms with Gasteiger partial charge in [0.15, 0.2) is 0 Å². The molecule has 0 radical (unpaired) electrons. The van der Waals surface area contributed by atoms with E-state index in [1.54, 1.807) is 12.1 Å². The van der Waals surface area contributed by atoms with Crippen molar-refractivity contribution in [3.8, 4) is 11.3 Å². The second kappa shape index (κ2) is 4.63. The molecule has 0 spiro atoms. The molecular formula is C14H17BrFN3. The van der Waals surface area contributed by atoms with Crippen molar-refractivity contribution in [2.75, 3.05) is 5.73 Å². The maximum Gasteiger partial charge on any atom is 0.137 e. The van der Waals surface area contributed by atoms with Crippen molar-refractivity contribution in [2.45, 2.75) is 33.2 Å². The third-order valence-electron chi connectivity index (χ3n) is 2.94. The molecule has 0 unspecified atom stereocenters. The zero-order chi connectivity index (χ0) is 14.4. The van der Waals surface area contributed by atoms with Gasteiger partial charge in [0, 0.05) is 11.1 Å². The SMILES string of the molecule is Cc1nc(-c2ccc(F)c(Br)c2)c(N)n1C(C)(C)C. The highest BCUT2D eigenvalue weighted by molar-refractivity contribution is 9.10. The van der Waals surface area contributed by atoms with Crippen molar-refractivity contribution in [3.63, 3.8) is 0 Å². The van der Waals surface area contributed by atoms with Crippen LogP contribution < -0.4 is 5.73 Å². The first-order valence-corrected chi connectivity index (χ1v) is 6.82. The molecule has 3 nitrogen and oxygen atoms in total. The molecule has 0 saturated heterocycles. The number of aromatic nitrogens is 2. The lowest BCUT2D eigenvalue weighted by Crippen LogP contribution is -2.24. The predicted octanol–water partition coefficient (Wildman–Crippen LogP) is 4.10. The average Bonchev–Trinajstić information content (AvgIpc) is 2.57. The van der Waals surface area contributed by atoms with E-state index in [-0.39, 0.29) is 11.4 Å². The molecule has 0 fully saturated rings. The number of anilines is 1. The molecule has 2 rings (SSSR count). The Morgan fingerprint density at radius 1 is 1.32 bits per heavy atom. The molecule has 102 valence electrons. The molecule has 2 aromatic rings. The van der Waals surface area contributed by atoms with Crippen LogP contribution in [0.15, 0.2) is 22.7 Å². The number of aryl methyl sites for hydroxylation is 1. The lowest BCUT2D eigenvalue weighted by Gasteiger charge is -2.24. The van der Waals surface area contributed by atoms with Crippen LogP contribution in [0.25, 0.3) is 11.3 Å². The second-order valence-electron chi connectivity index (χ2n) is 5.53. The molecule has 0 saturated carbocycles. The van der Waals surface area contributed by atoms with Crippen molar-refractivity contribution in [3.05, 3.63) is 34.3 Å². The highest BCUT2D eigenvalue weighted by Crippen LogP contribution is 2.32. The highest BCUT2D eigenvalue weighted by Gasteiger charge is 2.22. The Labute approximate surface area is 120 Å². The van der Waals surface area contributed by atoms with Gasteiger partial charge in [-0.2, -0.15) is 0 Å². The summed E-state index contributed by atoms with van der Waals surface area (Å²) in [4.78, 5) is 4.51. The van der Waals surface area contributed by atoms with Gasteiger partial charge in [-0.3, -0.25) is 0 Å². The molecule has 19 heavy (non-hydrogen) atoms. The van der Waals surface area contributed by atoms with Crippen LogP contribution in [0.5, 0.6) is 0 Å². The summed E-state index contributed by atoms with van der Waals surface area (Å²) < 4.78 is 15.7. The maximum absolute atomic E-state index is 13.3. The lowest BCUT2D eigenvalue weighted by atomic mass is 10.1. The van der Waals surface area contributed by atoms with Gasteiger partial charge in [-0.1, -0.05) is 0 Å². The van der Waals surface area contributed by atoms with Crippen LogP contribution >= 0.6 is 15.9 Å². The van der Waals surface area contributed by atoms with Crippen LogP contribution in [-0.4, -0.2) is 9.55 Å². The molecule has 0 aliphatic rings. The van der Waals surface area contributed by atoms with Crippen LogP contribution in [0, 0.1) is 12.7 Å². The summed E-state index contributed by atoms with van der Waals surface area (Å²) in [6.07, 6.45) is 0. The number of imidazole rings is 1. The number of halogens is 2. The largest absolute Gasteiger partial charge is 0.383 e. The standard InChI is InChI=1S/C14H17BrFN3/c1-8-18-12(13(17)19(8)14(2,3)4)9-5-6-11(16)10(15)7-9/h5-7H,17H2,1-4H3. The zero-order valence-electron chi connectivity index (χ0n) is 11.5. The van der Waals surface area contributed by atoms with E-state index in [4.69, 9.17) is 5.73 Å². The van der Waals surface area contributed by atoms with Crippen molar-refractivity contribution >= 4 is 21.7 Å². The van der Waals surface area contributed by atoms with Gasteiger partial charge in [-0.15, -0.1) is 0 Å². The number of rotatable bonds is 1. The molecule has 0 aliphatic carbocycles. The van der Waals surface area contributed by atoms with Gasteiger partial charge in [0.1, 0.15) is 23.2 Å². The molecule has 0 amide bonds. The molecular weight excluding hydrogens is 309 g/mol. The minimum Gasteiger partial charge on any atom is -0.383 e. The summed E-state index contributed by atoms with van der Waals surface area (Å²) in [5.74, 6) is 1.15. The van der Waals surface area contributed by atoms with Gasteiger partial charge in [0.2, 0.25) is 0 Å². The fraction of sp³-hybridized carbons (Fsp3) is 0.357. The van der Waals surface area contributed by atoms with E-state index >= 15 is 0 Å². The van der Waals surface area contributed by atoms with E-state index in [2.05, 4.69) is 41.7 Å². The van der Waals surface area contributed by atoms with Crippen molar-refractivity contribution in [1.82, 2.24) is 9.55 Å². The summed E-state index contributed by atoms with van der Waals surface area (Å²) in [6.45, 7) is 8.14. The quantitative estimate of drug-likeness (QED) is 0.857. The lowest BCUT2D eigenvalue weighted by molar-refractivity contribution is 0.393. The fourth-order valence-electron chi connectivity index (χ4n) is 2.25. The highest BCUT2D eigenvalue weighted by atomic mass is 79.9. The first kappa shape index (κ1) is 14.1. The average molecular weight is 326 g/mol. The minimum atomic E-state index is -0.297. The minimum absolute atomic E-state index is 0.142. The predicted molar refractivity (Wildman–Crippen MR) is 79.5 cm³/mol. The van der Waals surface area contributed by atoms with Gasteiger partial charge in [0.25, 0.3) is 0 Å². The molecule has 5 heteroatoms. The number of nitrogen functional groups attached to an aromatic ring is 1. The van der Waals surface area contributed by atoms with Gasteiger partial charge >= 0.3 is 0 Å². The van der Waals surface area contributed by atoms with Crippen molar-refractivity contribution in [2.24, 2.45) is 0 Å². The number of benzene rings is 1. The molecule has 1 aromatic carbocycles. The second-order valence-corrected chi connectivity index (χ2v) is 6.38. The third kappa shape index (κ3) is 2.52. The number of nitrogens with two attached hydrogens (primary N) is 1. The molecule has 0 atom stereocenters. The summed E-state index contributed by atoms with van der Waals surface area (Å²) in [7, 11) is 0. The number of hydrogen-bond acceptors (Lipinski definition) is 2. The molecule has 1 heterocycles. The van der Waals surface area contributed by atoms with E-state index in [1.165, 1.54) is 6.07 Å². The topological polar surface area (TPSA) is 43.8 Å². The van der Waals surface area contributed by atoms with Gasteiger partial charge in [-0.05, 0) is 61.8 Å². The van der Waals surface area contributed by atoms with Crippen LogP contribution in [-0.2, 0) is 5.54 Å². The Morgan fingerprint density at radius 2 is 1.95 bits per heavy atom. The maximum atomic E-state index is 13.3. The Bertz CT molecular complexity index is 626. The zero-order valence-corrected chi connectivity index (χ0v) is 13.0. The van der Waals surface area contributed by atoms with E-state index in [9.17, 15) is 4.39 Å². The van der Waals surface area contributed by atoms with Gasteiger partial charge in [-0.25, -0.2) is 9.37 Å². The Hall–Kier alpha value is -1.36. The van der Waals surface area contributed by atoms with Crippen LogP contribution in [0.3, 0.4) is 0 Å². The van der Waals surface area contributed by atoms with E-state index in [1.807, 2.05) is 11.5 Å². The summed E-state index contributed by atoms with van der Waals surface area (Å²) in [5.41, 5.74) is 7.55. The van der Waals surface area contributed by atoms with E-state index in [0.717, 1.165) is 11.4 Å². The summed E-state index contributed by atoms with van der Waals surface area (Å²) in [5, 5.41) is 0. The molecule has 0 aliphatic heterocycles. The van der Waals surface area contributed by atoms with E-state index in [0.29, 0.717) is 16.0 Å².